The maximum atomic E-state index is 12.5. The summed E-state index contributed by atoms with van der Waals surface area (Å²) in [5.41, 5.74) is 9.39. The summed E-state index contributed by atoms with van der Waals surface area (Å²) in [7, 11) is 1.64. The Kier molecular flexibility index (Phi) is 3.29. The minimum absolute atomic E-state index is 0.00444. The molecule has 1 amide bonds. The van der Waals surface area contributed by atoms with Gasteiger partial charge in [-0.15, -0.1) is 0 Å². The molecule has 1 heterocycles. The molecule has 0 saturated heterocycles. The van der Waals surface area contributed by atoms with Crippen LogP contribution >= 0.6 is 0 Å². The van der Waals surface area contributed by atoms with E-state index in [0.717, 1.165) is 22.4 Å². The van der Waals surface area contributed by atoms with Crippen molar-refractivity contribution in [1.29, 1.82) is 0 Å². The van der Waals surface area contributed by atoms with Gasteiger partial charge in [0, 0.05) is 23.4 Å². The van der Waals surface area contributed by atoms with Crippen LogP contribution in [-0.4, -0.2) is 17.9 Å². The van der Waals surface area contributed by atoms with Gasteiger partial charge in [0.1, 0.15) is 5.75 Å². The van der Waals surface area contributed by atoms with Crippen LogP contribution in [0.15, 0.2) is 42.5 Å². The molecule has 0 saturated carbocycles. The third-order valence-corrected chi connectivity index (χ3v) is 4.10. The number of nitrogens with zero attached hydrogens (tertiary/aromatic N) is 1. The molecule has 2 aromatic rings. The zero-order valence-corrected chi connectivity index (χ0v) is 12.2. The van der Waals surface area contributed by atoms with E-state index >= 15 is 0 Å². The maximum Gasteiger partial charge on any atom is 0.255 e. The van der Waals surface area contributed by atoms with Gasteiger partial charge in [0.05, 0.1) is 13.2 Å². The second-order valence-electron chi connectivity index (χ2n) is 5.26. The highest BCUT2D eigenvalue weighted by atomic mass is 16.5. The van der Waals surface area contributed by atoms with Gasteiger partial charge in [-0.1, -0.05) is 18.2 Å². The summed E-state index contributed by atoms with van der Waals surface area (Å²) in [5, 5.41) is 0. The molecule has 2 aromatic carbocycles. The second-order valence-corrected chi connectivity index (χ2v) is 5.26. The van der Waals surface area contributed by atoms with Crippen LogP contribution in [0.1, 0.15) is 34.5 Å². The van der Waals surface area contributed by atoms with Gasteiger partial charge in [0.2, 0.25) is 0 Å². The first-order valence-corrected chi connectivity index (χ1v) is 6.94. The summed E-state index contributed by atoms with van der Waals surface area (Å²) in [5.74, 6) is 0.854. The summed E-state index contributed by atoms with van der Waals surface area (Å²) in [4.78, 5) is 14.4. The van der Waals surface area contributed by atoms with Crippen molar-refractivity contribution in [3.8, 4) is 5.75 Å². The Morgan fingerprint density at radius 2 is 1.90 bits per heavy atom. The van der Waals surface area contributed by atoms with Gasteiger partial charge >= 0.3 is 0 Å². The van der Waals surface area contributed by atoms with E-state index in [4.69, 9.17) is 10.5 Å². The lowest BCUT2D eigenvalue weighted by Crippen LogP contribution is -2.27. The molecule has 108 valence electrons. The summed E-state index contributed by atoms with van der Waals surface area (Å²) >= 11 is 0. The van der Waals surface area contributed by atoms with Gasteiger partial charge in [0.15, 0.2) is 0 Å². The maximum absolute atomic E-state index is 12.5. The minimum Gasteiger partial charge on any atom is -0.497 e. The average Bonchev–Trinajstić information content (AvgIpc) is 2.85. The molecule has 0 fully saturated rings. The largest absolute Gasteiger partial charge is 0.497 e. The van der Waals surface area contributed by atoms with Crippen molar-refractivity contribution in [3.05, 3.63) is 59.2 Å². The van der Waals surface area contributed by atoms with E-state index < -0.39 is 0 Å². The topological polar surface area (TPSA) is 55.6 Å². The van der Waals surface area contributed by atoms with Gasteiger partial charge in [-0.2, -0.15) is 0 Å². The Bertz CT molecular complexity index is 680. The number of methoxy groups -OCH3 is 1. The third kappa shape index (κ3) is 2.23. The van der Waals surface area contributed by atoms with Gasteiger partial charge in [-0.3, -0.25) is 4.79 Å². The number of nitrogen functional groups attached to an aromatic ring is 1. The number of amides is 1. The van der Waals surface area contributed by atoms with Crippen LogP contribution in [0.25, 0.3) is 0 Å². The third-order valence-electron chi connectivity index (χ3n) is 4.10. The molecule has 0 aliphatic carbocycles. The highest BCUT2D eigenvalue weighted by molar-refractivity contribution is 6.00. The molecule has 0 bridgehead atoms. The fourth-order valence-corrected chi connectivity index (χ4v) is 2.75. The van der Waals surface area contributed by atoms with Crippen molar-refractivity contribution in [3.63, 3.8) is 0 Å². The lowest BCUT2D eigenvalue weighted by molar-refractivity contribution is 0.0716. The number of ether oxygens (including phenoxy) is 1. The Morgan fingerprint density at radius 1 is 1.19 bits per heavy atom. The van der Waals surface area contributed by atoms with E-state index in [1.54, 1.807) is 7.11 Å². The Hall–Kier alpha value is -2.49. The molecule has 4 nitrogen and oxygen atoms in total. The first kappa shape index (κ1) is 13.5. The van der Waals surface area contributed by atoms with E-state index in [1.165, 1.54) is 0 Å². The normalized spacial score (nSPS) is 15.0. The zero-order valence-electron chi connectivity index (χ0n) is 12.2. The summed E-state index contributed by atoms with van der Waals surface area (Å²) in [6, 6.07) is 13.3. The van der Waals surface area contributed by atoms with Crippen molar-refractivity contribution >= 4 is 11.6 Å². The van der Waals surface area contributed by atoms with Crippen molar-refractivity contribution < 1.29 is 9.53 Å². The SMILES string of the molecule is COc1ccc(C(C)N2Cc3c(N)cccc3C2=O)cc1. The first-order valence-electron chi connectivity index (χ1n) is 6.94. The minimum atomic E-state index is -0.00444. The van der Waals surface area contributed by atoms with Crippen LogP contribution in [0.5, 0.6) is 5.75 Å². The molecule has 0 aromatic heterocycles. The monoisotopic (exact) mass is 282 g/mol. The van der Waals surface area contributed by atoms with Gasteiger partial charge < -0.3 is 15.4 Å². The number of rotatable bonds is 3. The number of benzene rings is 2. The van der Waals surface area contributed by atoms with Crippen LogP contribution in [0, 0.1) is 0 Å². The van der Waals surface area contributed by atoms with Crippen LogP contribution < -0.4 is 10.5 Å². The predicted molar refractivity (Wildman–Crippen MR) is 82.1 cm³/mol. The average molecular weight is 282 g/mol. The van der Waals surface area contributed by atoms with Gasteiger partial charge in [-0.05, 0) is 36.8 Å². The lowest BCUT2D eigenvalue weighted by atomic mass is 10.1. The fraction of sp³-hybridized carbons (Fsp3) is 0.235. The molecule has 3 rings (SSSR count). The van der Waals surface area contributed by atoms with Crippen LogP contribution in [0.3, 0.4) is 0 Å². The number of carbonyl (C=O) groups is 1. The van der Waals surface area contributed by atoms with Crippen molar-refractivity contribution in [2.24, 2.45) is 0 Å². The van der Waals surface area contributed by atoms with E-state index in [1.807, 2.05) is 54.3 Å². The lowest BCUT2D eigenvalue weighted by Gasteiger charge is -2.24. The molecule has 21 heavy (non-hydrogen) atoms. The standard InChI is InChI=1S/C17H18N2O2/c1-11(12-6-8-13(21-2)9-7-12)19-10-15-14(17(19)20)4-3-5-16(15)18/h3-9,11H,10,18H2,1-2H3. The number of nitrogens with two attached hydrogens (primary N) is 1. The van der Waals surface area contributed by atoms with Crippen molar-refractivity contribution in [2.75, 3.05) is 12.8 Å². The molecule has 1 unspecified atom stereocenters. The van der Waals surface area contributed by atoms with Gasteiger partial charge in [0.25, 0.3) is 5.91 Å². The number of hydrogen-bond donors (Lipinski definition) is 1. The molecule has 1 aliphatic heterocycles. The van der Waals surface area contributed by atoms with E-state index in [-0.39, 0.29) is 11.9 Å². The number of hydrogen-bond acceptors (Lipinski definition) is 3. The Balaban J connectivity index is 1.88. The van der Waals surface area contributed by atoms with E-state index in [2.05, 4.69) is 0 Å². The molecular formula is C17H18N2O2. The van der Waals surface area contributed by atoms with Gasteiger partial charge in [-0.25, -0.2) is 0 Å². The highest BCUT2D eigenvalue weighted by Gasteiger charge is 2.32. The van der Waals surface area contributed by atoms with Crippen LogP contribution in [-0.2, 0) is 6.54 Å². The molecule has 1 atom stereocenters. The quantitative estimate of drug-likeness (QED) is 0.880. The summed E-state index contributed by atoms with van der Waals surface area (Å²) < 4.78 is 5.16. The molecule has 0 radical (unpaired) electrons. The van der Waals surface area contributed by atoms with Crippen LogP contribution in [0.2, 0.25) is 0 Å². The predicted octanol–water partition coefficient (Wildman–Crippen LogP) is 2.99. The second kappa shape index (κ2) is 5.13. The van der Waals surface area contributed by atoms with Crippen molar-refractivity contribution in [1.82, 2.24) is 4.90 Å². The smallest absolute Gasteiger partial charge is 0.255 e. The summed E-state index contributed by atoms with van der Waals surface area (Å²) in [6.07, 6.45) is 0. The number of carbonyl (C=O) groups excluding carboxylic acids is 1. The molecule has 0 spiro atoms. The zero-order chi connectivity index (χ0) is 15.0. The Labute approximate surface area is 124 Å². The molecule has 1 aliphatic rings. The van der Waals surface area contributed by atoms with Crippen LogP contribution in [0.4, 0.5) is 5.69 Å². The van der Waals surface area contributed by atoms with E-state index in [0.29, 0.717) is 12.2 Å². The fourth-order valence-electron chi connectivity index (χ4n) is 2.75. The molecule has 2 N–H and O–H groups in total. The van der Waals surface area contributed by atoms with Crippen molar-refractivity contribution in [2.45, 2.75) is 19.5 Å². The molecule has 4 heteroatoms. The number of anilines is 1. The van der Waals surface area contributed by atoms with E-state index in [9.17, 15) is 4.79 Å². The molecular weight excluding hydrogens is 264 g/mol. The first-order chi connectivity index (χ1) is 10.1. The Morgan fingerprint density at radius 3 is 2.52 bits per heavy atom. The highest BCUT2D eigenvalue weighted by Crippen LogP contribution is 2.34. The number of fused-ring (bicyclic) bond motifs is 1. The summed E-state index contributed by atoms with van der Waals surface area (Å²) in [6.45, 7) is 2.59.